The molecule has 1 saturated carbocycles. The summed E-state index contributed by atoms with van der Waals surface area (Å²) < 4.78 is 2.16. The number of halogens is 1. The predicted octanol–water partition coefficient (Wildman–Crippen LogP) is 2.75. The van der Waals surface area contributed by atoms with Gasteiger partial charge in [0.05, 0.1) is 27.8 Å². The van der Waals surface area contributed by atoms with E-state index >= 15 is 0 Å². The molecule has 1 aliphatic carbocycles. The smallest absolute Gasteiger partial charge is 0.245 e. The van der Waals surface area contributed by atoms with Gasteiger partial charge in [-0.25, -0.2) is 0 Å². The molecule has 0 bridgehead atoms. The molecule has 222 valence electrons. The second kappa shape index (κ2) is 11.1. The predicted molar refractivity (Wildman–Crippen MR) is 165 cm³/mol. The summed E-state index contributed by atoms with van der Waals surface area (Å²) in [4.78, 5) is 19.0. The number of nitrogens with two attached hydrogens (primary N) is 2. The summed E-state index contributed by atoms with van der Waals surface area (Å²) in [5, 5.41) is 22.7. The Morgan fingerprint density at radius 2 is 1.93 bits per heavy atom. The number of aryl methyl sites for hydroxylation is 1. The van der Waals surface area contributed by atoms with E-state index in [9.17, 15) is 9.90 Å². The van der Waals surface area contributed by atoms with Gasteiger partial charge < -0.3 is 20.6 Å². The van der Waals surface area contributed by atoms with E-state index in [1.807, 2.05) is 31.7 Å². The number of piperidine rings is 1. The average Bonchev–Trinajstić information content (AvgIpc) is 3.24. The molecule has 3 fully saturated rings. The largest absolute Gasteiger partial charge is 0.398 e. The number of piperazine rings is 1. The molecule has 2 aliphatic heterocycles. The van der Waals surface area contributed by atoms with Gasteiger partial charge in [-0.05, 0) is 77.5 Å². The number of nitrogens with zero attached hydrogens (tertiary/aromatic N) is 5. The Morgan fingerprint density at radius 3 is 2.49 bits per heavy atom. The molecule has 0 unspecified atom stereocenters. The van der Waals surface area contributed by atoms with Crippen LogP contribution in [0.4, 0.5) is 11.5 Å². The summed E-state index contributed by atoms with van der Waals surface area (Å²) in [6, 6.07) is 2.02. The minimum absolute atomic E-state index is 0.0250. The zero-order chi connectivity index (χ0) is 29.7. The second-order valence-electron chi connectivity index (χ2n) is 12.8. The first kappa shape index (κ1) is 29.6. The fraction of sp³-hybridized carbons (Fsp3) is 0.581. The first-order chi connectivity index (χ1) is 19.4. The standard InChI is InChI=1S/C31H44ClN7O2/c1-6-25(40)37-12-8-22(9-13-37)39-21(3)26(27-23(17-33)24(34)16-20(2)28(27)32)29(35-39)38-15-14-36(18-30(4,5)41)19-31(38)10-7-11-31/h6,16-17,22,33,41H,1,7-15,18-19,34H2,2-5H3/p+1. The number of carbonyl (C=O) groups excluding carboxylic acids is 1. The number of benzene rings is 1. The molecule has 2 aromatic rings. The molecule has 1 aromatic carbocycles. The number of likely N-dealkylation sites (tertiary alicyclic amines) is 1. The van der Waals surface area contributed by atoms with Crippen molar-refractivity contribution in [2.45, 2.75) is 77.0 Å². The van der Waals surface area contributed by atoms with E-state index in [4.69, 9.17) is 27.8 Å². The fourth-order valence-electron chi connectivity index (χ4n) is 7.14. The Kier molecular flexibility index (Phi) is 8.00. The lowest BCUT2D eigenvalue weighted by Crippen LogP contribution is -2.67. The van der Waals surface area contributed by atoms with Crippen LogP contribution in [0.2, 0.25) is 5.02 Å². The van der Waals surface area contributed by atoms with E-state index in [-0.39, 0.29) is 17.5 Å². The summed E-state index contributed by atoms with van der Waals surface area (Å²) in [6.07, 6.45) is 7.87. The maximum Gasteiger partial charge on any atom is 0.245 e. The number of rotatable bonds is 7. The molecule has 9 nitrogen and oxygen atoms in total. The van der Waals surface area contributed by atoms with Crippen LogP contribution >= 0.6 is 11.6 Å². The minimum atomic E-state index is -0.753. The lowest BCUT2D eigenvalue weighted by Gasteiger charge is -2.57. The number of hydrogen-bond donors (Lipinski definition) is 3. The van der Waals surface area contributed by atoms with Crippen molar-refractivity contribution in [1.82, 2.24) is 19.6 Å². The number of aliphatic hydroxyl groups is 1. The van der Waals surface area contributed by atoms with Gasteiger partial charge in [0.1, 0.15) is 0 Å². The van der Waals surface area contributed by atoms with Gasteiger partial charge >= 0.3 is 0 Å². The molecular formula is C31H45ClN7O2+. The van der Waals surface area contributed by atoms with Crippen molar-refractivity contribution in [3.05, 3.63) is 40.6 Å². The molecule has 2 saturated heterocycles. The van der Waals surface area contributed by atoms with Crippen molar-refractivity contribution in [3.63, 3.8) is 0 Å². The lowest BCUT2D eigenvalue weighted by molar-refractivity contribution is -0.127. The Morgan fingerprint density at radius 1 is 1.24 bits per heavy atom. The molecule has 5 rings (SSSR count). The van der Waals surface area contributed by atoms with E-state index in [2.05, 4.69) is 28.0 Å². The Bertz CT molecular complexity index is 1350. The third kappa shape index (κ3) is 5.40. The van der Waals surface area contributed by atoms with Crippen molar-refractivity contribution in [3.8, 4) is 11.1 Å². The summed E-state index contributed by atoms with van der Waals surface area (Å²) in [6.45, 7) is 16.0. The van der Waals surface area contributed by atoms with Crippen LogP contribution in [0.25, 0.3) is 11.1 Å². The summed E-state index contributed by atoms with van der Waals surface area (Å²) in [5.41, 5.74) is 10.7. The Hall–Kier alpha value is -2.88. The normalized spacial score (nSPS) is 19.9. The summed E-state index contributed by atoms with van der Waals surface area (Å²) in [7, 11) is 0. The van der Waals surface area contributed by atoms with Crippen LogP contribution in [0.5, 0.6) is 0 Å². The van der Waals surface area contributed by atoms with Crippen LogP contribution in [0.15, 0.2) is 18.7 Å². The maximum absolute atomic E-state index is 12.2. The number of amides is 1. The molecule has 1 amide bonds. The van der Waals surface area contributed by atoms with Crippen LogP contribution in [-0.2, 0) is 4.79 Å². The van der Waals surface area contributed by atoms with Crippen LogP contribution in [0.1, 0.15) is 68.8 Å². The van der Waals surface area contributed by atoms with Gasteiger partial charge in [-0.15, -0.1) is 0 Å². The summed E-state index contributed by atoms with van der Waals surface area (Å²) in [5.74, 6) is 0.896. The minimum Gasteiger partial charge on any atom is -0.398 e. The molecule has 41 heavy (non-hydrogen) atoms. The van der Waals surface area contributed by atoms with E-state index in [0.29, 0.717) is 30.3 Å². The maximum atomic E-state index is 12.2. The number of hydrogen-bond acceptors (Lipinski definition) is 6. The van der Waals surface area contributed by atoms with Crippen molar-refractivity contribution in [2.75, 3.05) is 49.9 Å². The topological polar surface area (TPSA) is 116 Å². The molecule has 5 N–H and O–H groups in total. The molecule has 0 radical (unpaired) electrons. The number of anilines is 2. The number of β-amino-alcohol motifs (C(OH)–C–C–N with tert-alkyl or cyclic N) is 1. The third-order valence-electron chi connectivity index (χ3n) is 9.24. The van der Waals surface area contributed by atoms with Crippen LogP contribution in [0.3, 0.4) is 0 Å². The molecule has 3 heterocycles. The van der Waals surface area contributed by atoms with Crippen LogP contribution < -0.4 is 16.0 Å². The van der Waals surface area contributed by atoms with Gasteiger partial charge in [0, 0.05) is 61.8 Å². The zero-order valence-electron chi connectivity index (χ0n) is 24.9. The van der Waals surface area contributed by atoms with E-state index in [0.717, 1.165) is 85.5 Å². The molecule has 1 spiro atoms. The Balaban J connectivity index is 1.62. The highest BCUT2D eigenvalue weighted by atomic mass is 35.5. The van der Waals surface area contributed by atoms with Gasteiger partial charge in [0.2, 0.25) is 5.91 Å². The van der Waals surface area contributed by atoms with Gasteiger partial charge in [-0.2, -0.15) is 5.10 Å². The second-order valence-corrected chi connectivity index (χ2v) is 13.2. The highest BCUT2D eigenvalue weighted by Crippen LogP contribution is 2.49. The number of carbonyl (C=O) groups is 1. The van der Waals surface area contributed by atoms with Crippen LogP contribution in [0, 0.1) is 13.8 Å². The van der Waals surface area contributed by atoms with Crippen molar-refractivity contribution in [2.24, 2.45) is 0 Å². The highest BCUT2D eigenvalue weighted by Gasteiger charge is 2.49. The number of nitrogen functional groups attached to an aromatic ring is 1. The van der Waals surface area contributed by atoms with E-state index < -0.39 is 5.60 Å². The average molecular weight is 583 g/mol. The molecule has 3 aliphatic rings. The van der Waals surface area contributed by atoms with Gasteiger partial charge in [-0.3, -0.25) is 19.8 Å². The van der Waals surface area contributed by atoms with Crippen molar-refractivity contribution < 1.29 is 15.3 Å². The monoisotopic (exact) mass is 582 g/mol. The SMILES string of the molecule is C=CC(=O)N1CCC(n2nc(N3CCN(CC(C)(C)O)CC34CCC4)c(-c3c(Cl)c(C)cc(N)c3C=[NH2+])c2C)CC1. The molecule has 10 heteroatoms. The van der Waals surface area contributed by atoms with Gasteiger partial charge in [0.15, 0.2) is 12.0 Å². The lowest BCUT2D eigenvalue weighted by atomic mass is 9.73. The van der Waals surface area contributed by atoms with Crippen LogP contribution in [-0.4, -0.2) is 87.2 Å². The molecule has 1 aromatic heterocycles. The van der Waals surface area contributed by atoms with E-state index in [1.54, 1.807) is 6.21 Å². The van der Waals surface area contributed by atoms with Crippen molar-refractivity contribution >= 4 is 35.2 Å². The number of aromatic nitrogens is 2. The summed E-state index contributed by atoms with van der Waals surface area (Å²) >= 11 is 7.07. The first-order valence-electron chi connectivity index (χ1n) is 14.8. The highest BCUT2D eigenvalue weighted by molar-refractivity contribution is 6.35. The first-order valence-corrected chi connectivity index (χ1v) is 15.1. The van der Waals surface area contributed by atoms with Gasteiger partial charge in [-0.1, -0.05) is 18.2 Å². The quantitative estimate of drug-likeness (QED) is 0.263. The molecular weight excluding hydrogens is 538 g/mol. The third-order valence-corrected chi connectivity index (χ3v) is 9.73. The van der Waals surface area contributed by atoms with Gasteiger partial charge in [0.25, 0.3) is 0 Å². The Labute approximate surface area is 248 Å². The van der Waals surface area contributed by atoms with Crippen molar-refractivity contribution in [1.29, 1.82) is 0 Å². The molecule has 0 atom stereocenters. The fourth-order valence-corrected chi connectivity index (χ4v) is 7.39. The zero-order valence-corrected chi connectivity index (χ0v) is 25.7. The van der Waals surface area contributed by atoms with E-state index in [1.165, 1.54) is 6.08 Å².